The lowest BCUT2D eigenvalue weighted by atomic mass is 9.68. The van der Waals surface area contributed by atoms with E-state index in [1.807, 2.05) is 0 Å². The van der Waals surface area contributed by atoms with Gasteiger partial charge in [-0.3, -0.25) is 4.79 Å². The highest BCUT2D eigenvalue weighted by Crippen LogP contribution is 2.46. The molecule has 4 aliphatic rings. The molecular formula is C31H46O2. The van der Waals surface area contributed by atoms with E-state index in [-0.39, 0.29) is 11.9 Å². The van der Waals surface area contributed by atoms with Gasteiger partial charge in [-0.2, -0.15) is 0 Å². The number of fused-ring (bicyclic) bond motifs is 1. The van der Waals surface area contributed by atoms with Crippen molar-refractivity contribution in [1.29, 1.82) is 0 Å². The zero-order valence-electron chi connectivity index (χ0n) is 21.2. The van der Waals surface area contributed by atoms with Gasteiger partial charge < -0.3 is 4.74 Å². The molecule has 1 heterocycles. The first kappa shape index (κ1) is 23.4. The topological polar surface area (TPSA) is 26.3 Å². The molecule has 0 radical (unpaired) electrons. The predicted octanol–water partition coefficient (Wildman–Crippen LogP) is 8.47. The summed E-state index contributed by atoms with van der Waals surface area (Å²) in [5.74, 6) is 5.95. The Kier molecular flexibility index (Phi) is 7.48. The minimum absolute atomic E-state index is 0.0431. The van der Waals surface area contributed by atoms with Crippen molar-refractivity contribution in [2.45, 2.75) is 116 Å². The summed E-state index contributed by atoms with van der Waals surface area (Å²) in [6.45, 7) is 4.68. The maximum absolute atomic E-state index is 12.9. The van der Waals surface area contributed by atoms with Crippen molar-refractivity contribution in [1.82, 2.24) is 0 Å². The SMILES string of the molecule is CCCC1CCC(C2CCC(c3ccc4c(c3)OC(=O)C(C3CCC(C)CC3)C4)CC2)CC1. The molecule has 0 N–H and O–H groups in total. The molecule has 1 aliphatic heterocycles. The van der Waals surface area contributed by atoms with Gasteiger partial charge in [-0.25, -0.2) is 0 Å². The van der Waals surface area contributed by atoms with Crippen molar-refractivity contribution in [3.05, 3.63) is 29.3 Å². The molecule has 0 spiro atoms. The number of carbonyl (C=O) groups excluding carboxylic acids is 1. The molecule has 0 bridgehead atoms. The number of ether oxygens (including phenoxy) is 1. The summed E-state index contributed by atoms with van der Waals surface area (Å²) in [6, 6.07) is 6.88. The van der Waals surface area contributed by atoms with Crippen LogP contribution in [-0.2, 0) is 11.2 Å². The average molecular weight is 451 g/mol. The van der Waals surface area contributed by atoms with E-state index >= 15 is 0 Å². The molecule has 1 unspecified atom stereocenters. The van der Waals surface area contributed by atoms with E-state index in [2.05, 4.69) is 32.0 Å². The fourth-order valence-corrected chi connectivity index (χ4v) is 7.92. The van der Waals surface area contributed by atoms with Crippen molar-refractivity contribution in [3.63, 3.8) is 0 Å². The molecule has 1 aromatic carbocycles. The van der Waals surface area contributed by atoms with Gasteiger partial charge in [0.25, 0.3) is 0 Å². The number of carbonyl (C=O) groups is 1. The third-order valence-corrected chi connectivity index (χ3v) is 10.2. The summed E-state index contributed by atoms with van der Waals surface area (Å²) in [7, 11) is 0. The molecule has 1 aromatic rings. The van der Waals surface area contributed by atoms with Gasteiger partial charge >= 0.3 is 5.97 Å². The number of hydrogen-bond acceptors (Lipinski definition) is 2. The van der Waals surface area contributed by atoms with E-state index in [0.717, 1.165) is 35.8 Å². The number of rotatable bonds is 5. The van der Waals surface area contributed by atoms with E-state index in [1.165, 1.54) is 101 Å². The Hall–Kier alpha value is -1.31. The summed E-state index contributed by atoms with van der Waals surface area (Å²) in [5, 5.41) is 0. The highest BCUT2D eigenvalue weighted by atomic mass is 16.5. The Morgan fingerprint density at radius 1 is 0.818 bits per heavy atom. The van der Waals surface area contributed by atoms with Gasteiger partial charge in [-0.05, 0) is 110 Å². The molecule has 3 saturated carbocycles. The summed E-state index contributed by atoms with van der Waals surface area (Å²) in [4.78, 5) is 12.9. The lowest BCUT2D eigenvalue weighted by Crippen LogP contribution is -2.35. The second kappa shape index (κ2) is 10.5. The minimum Gasteiger partial charge on any atom is -0.426 e. The van der Waals surface area contributed by atoms with Crippen molar-refractivity contribution in [2.24, 2.45) is 35.5 Å². The van der Waals surface area contributed by atoms with E-state index in [1.54, 1.807) is 0 Å². The Labute approximate surface area is 202 Å². The van der Waals surface area contributed by atoms with Gasteiger partial charge in [-0.15, -0.1) is 0 Å². The fraction of sp³-hybridized carbons (Fsp3) is 0.774. The van der Waals surface area contributed by atoms with Crippen LogP contribution in [0.15, 0.2) is 18.2 Å². The largest absolute Gasteiger partial charge is 0.426 e. The Morgan fingerprint density at radius 3 is 2.12 bits per heavy atom. The monoisotopic (exact) mass is 450 g/mol. The molecule has 2 nitrogen and oxygen atoms in total. The second-order valence-corrected chi connectivity index (χ2v) is 12.3. The van der Waals surface area contributed by atoms with Gasteiger partial charge in [0.05, 0.1) is 5.92 Å². The molecule has 3 aliphatic carbocycles. The zero-order chi connectivity index (χ0) is 22.8. The van der Waals surface area contributed by atoms with Crippen molar-refractivity contribution in [2.75, 3.05) is 0 Å². The third kappa shape index (κ3) is 5.35. The van der Waals surface area contributed by atoms with Crippen molar-refractivity contribution < 1.29 is 9.53 Å². The van der Waals surface area contributed by atoms with E-state index in [4.69, 9.17) is 4.74 Å². The first-order valence-corrected chi connectivity index (χ1v) is 14.4. The van der Waals surface area contributed by atoms with Gasteiger partial charge in [0, 0.05) is 0 Å². The van der Waals surface area contributed by atoms with Crippen LogP contribution in [0.2, 0.25) is 0 Å². The fourth-order valence-electron chi connectivity index (χ4n) is 7.92. The predicted molar refractivity (Wildman–Crippen MR) is 135 cm³/mol. The van der Waals surface area contributed by atoms with Crippen LogP contribution in [0.1, 0.15) is 121 Å². The maximum atomic E-state index is 12.9. The molecule has 0 saturated heterocycles. The van der Waals surface area contributed by atoms with Crippen LogP contribution >= 0.6 is 0 Å². The maximum Gasteiger partial charge on any atom is 0.314 e. The molecule has 2 heteroatoms. The summed E-state index contributed by atoms with van der Waals surface area (Å²) in [5.41, 5.74) is 2.68. The molecule has 0 amide bonds. The van der Waals surface area contributed by atoms with Crippen LogP contribution in [0.4, 0.5) is 0 Å². The molecule has 182 valence electrons. The third-order valence-electron chi connectivity index (χ3n) is 10.2. The van der Waals surface area contributed by atoms with Gasteiger partial charge in [-0.1, -0.05) is 64.5 Å². The van der Waals surface area contributed by atoms with Crippen LogP contribution in [0.25, 0.3) is 0 Å². The van der Waals surface area contributed by atoms with Gasteiger partial charge in [0.15, 0.2) is 0 Å². The molecule has 1 atom stereocenters. The summed E-state index contributed by atoms with van der Waals surface area (Å²) < 4.78 is 5.96. The van der Waals surface area contributed by atoms with Crippen LogP contribution < -0.4 is 4.74 Å². The normalized spacial score (nSPS) is 37.3. The van der Waals surface area contributed by atoms with Crippen LogP contribution in [0.5, 0.6) is 5.75 Å². The first-order chi connectivity index (χ1) is 16.1. The smallest absolute Gasteiger partial charge is 0.314 e. The number of benzene rings is 1. The highest BCUT2D eigenvalue weighted by Gasteiger charge is 2.37. The van der Waals surface area contributed by atoms with E-state index < -0.39 is 0 Å². The molecule has 33 heavy (non-hydrogen) atoms. The van der Waals surface area contributed by atoms with Crippen molar-refractivity contribution >= 4 is 5.97 Å². The van der Waals surface area contributed by atoms with Crippen molar-refractivity contribution in [3.8, 4) is 5.75 Å². The van der Waals surface area contributed by atoms with Crippen LogP contribution in [0, 0.1) is 35.5 Å². The number of hydrogen-bond donors (Lipinski definition) is 0. The first-order valence-electron chi connectivity index (χ1n) is 14.4. The van der Waals surface area contributed by atoms with Crippen LogP contribution in [0.3, 0.4) is 0 Å². The quantitative estimate of drug-likeness (QED) is 0.332. The summed E-state index contributed by atoms with van der Waals surface area (Å²) >= 11 is 0. The zero-order valence-corrected chi connectivity index (χ0v) is 21.2. The van der Waals surface area contributed by atoms with E-state index in [9.17, 15) is 4.79 Å². The second-order valence-electron chi connectivity index (χ2n) is 12.3. The lowest BCUT2D eigenvalue weighted by Gasteiger charge is -2.38. The number of esters is 1. The molecule has 0 aromatic heterocycles. The Bertz CT molecular complexity index is 789. The molecular weight excluding hydrogens is 404 g/mol. The Balaban J connectivity index is 1.16. The van der Waals surface area contributed by atoms with E-state index in [0.29, 0.717) is 11.8 Å². The molecule has 5 rings (SSSR count). The van der Waals surface area contributed by atoms with Gasteiger partial charge in [0.2, 0.25) is 0 Å². The Morgan fingerprint density at radius 2 is 1.45 bits per heavy atom. The summed E-state index contributed by atoms with van der Waals surface area (Å²) in [6.07, 6.45) is 20.0. The lowest BCUT2D eigenvalue weighted by molar-refractivity contribution is -0.142. The van der Waals surface area contributed by atoms with Crippen LogP contribution in [-0.4, -0.2) is 5.97 Å². The highest BCUT2D eigenvalue weighted by molar-refractivity contribution is 5.78. The average Bonchev–Trinajstić information content (AvgIpc) is 2.85. The van der Waals surface area contributed by atoms with Gasteiger partial charge in [0.1, 0.15) is 5.75 Å². The standard InChI is InChI=1S/C31H46O2/c1-3-4-22-7-11-23(12-8-22)24-13-15-25(16-14-24)27-17-18-28-19-29(31(32)33-30(28)20-27)26-9-5-21(2)6-10-26/h17-18,20-26,29H,3-16,19H2,1-2H3. The molecule has 3 fully saturated rings. The minimum atomic E-state index is 0.0431.